The van der Waals surface area contributed by atoms with E-state index in [0.29, 0.717) is 0 Å². The van der Waals surface area contributed by atoms with Crippen molar-refractivity contribution in [3.63, 3.8) is 0 Å². The molecule has 484 valence electrons. The maximum atomic E-state index is 12.7. The van der Waals surface area contributed by atoms with Crippen molar-refractivity contribution in [3.8, 4) is 0 Å². The Hall–Kier alpha value is -2.38. The summed E-state index contributed by atoms with van der Waals surface area (Å²) >= 11 is 0. The van der Waals surface area contributed by atoms with Gasteiger partial charge in [-0.05, 0) is 6.92 Å². The van der Waals surface area contributed by atoms with Crippen molar-refractivity contribution in [3.05, 3.63) is 0 Å². The highest BCUT2D eigenvalue weighted by atomic mass is 16.8. The molecule has 6 heterocycles. The molecule has 0 aromatic carbocycles. The van der Waals surface area contributed by atoms with Crippen LogP contribution in [0.15, 0.2) is 0 Å². The van der Waals surface area contributed by atoms with Gasteiger partial charge in [-0.2, -0.15) is 0 Å². The number of nitrogens with one attached hydrogen (secondary N) is 2. The van der Waals surface area contributed by atoms with E-state index in [-0.39, 0.29) is 0 Å². The largest absolute Gasteiger partial charge is 0.394 e. The van der Waals surface area contributed by atoms with Crippen molar-refractivity contribution in [2.24, 2.45) is 0 Å². The van der Waals surface area contributed by atoms with E-state index in [1.54, 1.807) is 0 Å². The van der Waals surface area contributed by atoms with Gasteiger partial charge in [-0.15, -0.1) is 0 Å². The summed E-state index contributed by atoms with van der Waals surface area (Å²) in [6.07, 6.45) is -62.5. The average Bonchev–Trinajstić information content (AvgIpc) is 2.94. The topological polar surface area (TPSA) is 594 Å². The Balaban J connectivity index is 1.28. The fourth-order valence-corrected chi connectivity index (χ4v) is 10.2. The quantitative estimate of drug-likeness (QED) is 0.0427. The Kier molecular flexibility index (Phi) is 25.8. The summed E-state index contributed by atoms with van der Waals surface area (Å²) in [4.78, 5) is 25.4. The number of amides is 2. The van der Waals surface area contributed by atoms with Crippen LogP contribution in [0.2, 0.25) is 0 Å². The fraction of sp³-hybridized carbons (Fsp3) is 0.957. The Morgan fingerprint density at radius 2 is 0.831 bits per heavy atom. The summed E-state index contributed by atoms with van der Waals surface area (Å²) < 4.78 is 69.4. The maximum absolute atomic E-state index is 12.7. The van der Waals surface area contributed by atoms with E-state index in [1.807, 2.05) is 0 Å². The molecule has 6 saturated heterocycles. The van der Waals surface area contributed by atoms with Crippen LogP contribution in [0.3, 0.4) is 0 Å². The number of hydrogen-bond acceptors (Lipinski definition) is 35. The van der Waals surface area contributed by atoms with Gasteiger partial charge >= 0.3 is 0 Å². The third-order valence-electron chi connectivity index (χ3n) is 14.9. The van der Waals surface area contributed by atoms with E-state index in [0.717, 1.165) is 13.8 Å². The summed E-state index contributed by atoms with van der Waals surface area (Å²) in [5, 5.41) is 229. The van der Waals surface area contributed by atoms with Crippen LogP contribution in [-0.2, 0) is 66.4 Å². The normalized spacial score (nSPS) is 46.8. The first kappa shape index (κ1) is 69.7. The van der Waals surface area contributed by atoms with Crippen LogP contribution in [0.5, 0.6) is 0 Å². The van der Waals surface area contributed by atoms with Gasteiger partial charge in [0.25, 0.3) is 0 Å². The first-order valence-electron chi connectivity index (χ1n) is 26.4. The number of rotatable bonds is 24. The highest BCUT2D eigenvalue weighted by Crippen LogP contribution is 2.37. The first-order valence-corrected chi connectivity index (χ1v) is 26.4. The standard InChI is InChI=1S/C46H80N2O35/c1-11-23(59)30(66)33(69)43(73-11)83-40-32(68)26(62)17(7-52)75-46(40)81-38-18(8-53)76-41(21(28(38)64)47-12(2)55)72-10-20-27(63)39(35(71)45(78-20)79-36(15(58)5-50)24(60)14(57)4-49)82-42-22(48-13(3)56)29(65)37(19(9-54)77-42)80-44-34(70)31(67)25(61)16(6-51)74-44/h11,14-46,49-54,57-71H,4-10H2,1-3H3,(H,47,55)(H,48,56)/t11-,14-,15+,16+,17+,18+,19+,20+,21+,22+,23+,24+,25-,26-,27-,28+,29+,30+,31-,32-,33-,34+,35+,36+,37+,38+,39-,40+,41+,42-,43-,44-,45-,46-/m0/s1. The van der Waals surface area contributed by atoms with Crippen LogP contribution in [0, 0.1) is 0 Å². The van der Waals surface area contributed by atoms with Gasteiger partial charge in [-0.3, -0.25) is 9.59 Å². The molecule has 6 aliphatic rings. The number of carbonyl (C=O) groups is 2. The molecule has 0 aliphatic carbocycles. The molecule has 0 radical (unpaired) electrons. The Bertz CT molecular complexity index is 1990. The van der Waals surface area contributed by atoms with Gasteiger partial charge in [-0.25, -0.2) is 0 Å². The smallest absolute Gasteiger partial charge is 0.217 e. The van der Waals surface area contributed by atoms with Crippen molar-refractivity contribution < 1.29 is 174 Å². The number of carbonyl (C=O) groups excluding carboxylic acids is 2. The highest BCUT2D eigenvalue weighted by molar-refractivity contribution is 5.73. The van der Waals surface area contributed by atoms with Crippen LogP contribution < -0.4 is 10.6 Å². The predicted octanol–water partition coefficient (Wildman–Crippen LogP) is -15.3. The zero-order chi connectivity index (χ0) is 61.6. The molecule has 0 spiro atoms. The van der Waals surface area contributed by atoms with Crippen LogP contribution in [-0.4, -0.2) is 374 Å². The van der Waals surface area contributed by atoms with Gasteiger partial charge in [-0.1, -0.05) is 0 Å². The van der Waals surface area contributed by atoms with Crippen LogP contribution in [0.25, 0.3) is 0 Å². The Morgan fingerprint density at radius 3 is 1.35 bits per heavy atom. The third kappa shape index (κ3) is 15.7. The lowest BCUT2D eigenvalue weighted by Gasteiger charge is -2.50. The summed E-state index contributed by atoms with van der Waals surface area (Å²) in [6, 6.07) is -3.64. The maximum Gasteiger partial charge on any atom is 0.217 e. The predicted molar refractivity (Wildman–Crippen MR) is 256 cm³/mol. The molecule has 6 rings (SSSR count). The average molecular weight is 1220 g/mol. The van der Waals surface area contributed by atoms with E-state index in [1.165, 1.54) is 6.92 Å². The SMILES string of the molecule is CC(=O)N[C@H]1[C@H](O[C@H]2[C@@H](O)[C@@H](CO[C@@H]3O[C@H](CO)[C@@H](O[C@@H]4O[C@H](CO)[C@H](O)[C@H](O)[C@H]4O[C@@H]4O[C@@H](C)[C@@H](O)[C@@H](O)[C@@H]4O)[C@H](O)[C@H]3NC(C)=O)O[C@@H](O[C@@H]([C@H](O)[C@@H](O)CO)[C@H](O)CO)[C@@H]2O)O[C@H](CO)[C@@H](O[C@@H]2O[C@H](CO)[C@H](O)[C@H](O)[C@H]2O)[C@@H]1O. The molecule has 2 amide bonds. The van der Waals surface area contributed by atoms with Gasteiger partial charge in [0.1, 0.15) is 165 Å². The highest BCUT2D eigenvalue weighted by Gasteiger charge is 2.58. The van der Waals surface area contributed by atoms with E-state index >= 15 is 0 Å². The van der Waals surface area contributed by atoms with Gasteiger partial charge in [0.2, 0.25) is 11.8 Å². The van der Waals surface area contributed by atoms with Gasteiger partial charge in [0, 0.05) is 13.8 Å². The summed E-state index contributed by atoms with van der Waals surface area (Å²) in [7, 11) is 0. The second kappa shape index (κ2) is 30.7. The Labute approximate surface area is 471 Å². The number of ether oxygens (including phenoxy) is 12. The molecule has 83 heavy (non-hydrogen) atoms. The molecule has 23 N–H and O–H groups in total. The molecule has 0 unspecified atom stereocenters. The minimum atomic E-state index is -2.37. The molecule has 0 bridgehead atoms. The molecular formula is C46H80N2O35. The van der Waals surface area contributed by atoms with Gasteiger partial charge < -0.3 is 175 Å². The minimum absolute atomic E-state index is 0.874. The molecule has 0 aromatic rings. The minimum Gasteiger partial charge on any atom is -0.394 e. The molecule has 34 atom stereocenters. The Morgan fingerprint density at radius 1 is 0.410 bits per heavy atom. The molecule has 6 aliphatic heterocycles. The second-order valence-electron chi connectivity index (χ2n) is 20.8. The van der Waals surface area contributed by atoms with Crippen molar-refractivity contribution in [1.82, 2.24) is 10.6 Å². The van der Waals surface area contributed by atoms with Crippen molar-refractivity contribution in [1.29, 1.82) is 0 Å². The number of hydrogen-bond donors (Lipinski definition) is 23. The number of aliphatic hydroxyl groups is 21. The van der Waals surface area contributed by atoms with Crippen LogP contribution in [0.4, 0.5) is 0 Å². The lowest BCUT2D eigenvalue weighted by molar-refractivity contribution is -0.385. The fourth-order valence-electron chi connectivity index (χ4n) is 10.2. The lowest BCUT2D eigenvalue weighted by atomic mass is 9.94. The molecule has 37 heteroatoms. The zero-order valence-electron chi connectivity index (χ0n) is 44.7. The molecule has 0 saturated carbocycles. The van der Waals surface area contributed by atoms with Crippen LogP contribution >= 0.6 is 0 Å². The second-order valence-corrected chi connectivity index (χ2v) is 20.8. The van der Waals surface area contributed by atoms with Gasteiger partial charge in [0.05, 0.1) is 52.4 Å². The van der Waals surface area contributed by atoms with E-state index < -0.39 is 267 Å². The molecular weight excluding hydrogens is 1140 g/mol. The summed E-state index contributed by atoms with van der Waals surface area (Å²) in [6.45, 7) is -4.11. The van der Waals surface area contributed by atoms with Crippen molar-refractivity contribution in [2.45, 2.75) is 229 Å². The molecule has 0 aromatic heterocycles. The van der Waals surface area contributed by atoms with Crippen molar-refractivity contribution in [2.75, 3.05) is 46.2 Å². The van der Waals surface area contributed by atoms with Gasteiger partial charge in [0.15, 0.2) is 37.7 Å². The monoisotopic (exact) mass is 1220 g/mol. The third-order valence-corrected chi connectivity index (χ3v) is 14.9. The van der Waals surface area contributed by atoms with E-state index in [4.69, 9.17) is 56.8 Å². The summed E-state index contributed by atoms with van der Waals surface area (Å²) in [5.74, 6) is -1.77. The molecule has 37 nitrogen and oxygen atoms in total. The first-order chi connectivity index (χ1) is 39.2. The number of aliphatic hydroxyl groups excluding tert-OH is 21. The van der Waals surface area contributed by atoms with Crippen molar-refractivity contribution >= 4 is 11.8 Å². The van der Waals surface area contributed by atoms with Crippen LogP contribution in [0.1, 0.15) is 20.8 Å². The lowest BCUT2D eigenvalue weighted by Crippen LogP contribution is -2.70. The zero-order valence-corrected chi connectivity index (χ0v) is 44.7. The van der Waals surface area contributed by atoms with E-state index in [9.17, 15) is 117 Å². The molecule has 6 fully saturated rings. The van der Waals surface area contributed by atoms with E-state index in [2.05, 4.69) is 10.6 Å². The summed E-state index contributed by atoms with van der Waals surface area (Å²) in [5.41, 5.74) is 0.